The van der Waals surface area contributed by atoms with E-state index in [0.29, 0.717) is 18.2 Å². The molecule has 1 saturated heterocycles. The highest BCUT2D eigenvalue weighted by atomic mass is 35.5. The monoisotopic (exact) mass is 314 g/mol. The number of hydrogen-bond acceptors (Lipinski definition) is 3. The van der Waals surface area contributed by atoms with E-state index >= 15 is 0 Å². The summed E-state index contributed by atoms with van der Waals surface area (Å²) in [7, 11) is 0. The summed E-state index contributed by atoms with van der Waals surface area (Å²) >= 11 is 0. The number of Topliss-reactive ketones (excluding diaryl/α,β-unsaturated/α-hetero) is 1. The van der Waals surface area contributed by atoms with Crippen LogP contribution >= 0.6 is 12.4 Å². The Labute approximate surface area is 129 Å². The molecule has 1 fully saturated rings. The third-order valence-corrected chi connectivity index (χ3v) is 3.45. The van der Waals surface area contributed by atoms with Gasteiger partial charge in [0.1, 0.15) is 5.82 Å². The first-order valence-corrected chi connectivity index (χ1v) is 6.94. The van der Waals surface area contributed by atoms with Crippen molar-refractivity contribution in [2.45, 2.75) is 31.7 Å². The lowest BCUT2D eigenvalue weighted by Gasteiger charge is -2.11. The number of halogens is 2. The van der Waals surface area contributed by atoms with Crippen molar-refractivity contribution in [3.63, 3.8) is 0 Å². The van der Waals surface area contributed by atoms with Crippen molar-refractivity contribution in [1.82, 2.24) is 10.6 Å². The number of nitrogens with one attached hydrogen (secondary N) is 2. The minimum Gasteiger partial charge on any atom is -0.355 e. The Morgan fingerprint density at radius 1 is 1.24 bits per heavy atom. The molecule has 2 rings (SSSR count). The van der Waals surface area contributed by atoms with Gasteiger partial charge in [-0.15, -0.1) is 12.4 Å². The summed E-state index contributed by atoms with van der Waals surface area (Å²) in [6, 6.07) is 5.74. The summed E-state index contributed by atoms with van der Waals surface area (Å²) in [6.45, 7) is 1.62. The lowest BCUT2D eigenvalue weighted by molar-refractivity contribution is -0.121. The van der Waals surface area contributed by atoms with Gasteiger partial charge in [0.15, 0.2) is 5.78 Å². The third kappa shape index (κ3) is 5.81. The summed E-state index contributed by atoms with van der Waals surface area (Å²) in [5.41, 5.74) is 0.441. The van der Waals surface area contributed by atoms with Crippen LogP contribution in [-0.2, 0) is 4.79 Å². The average Bonchev–Trinajstić information content (AvgIpc) is 2.96. The van der Waals surface area contributed by atoms with Crippen LogP contribution in [0.1, 0.15) is 36.0 Å². The fourth-order valence-electron chi connectivity index (χ4n) is 2.26. The van der Waals surface area contributed by atoms with Gasteiger partial charge in [0, 0.05) is 31.0 Å². The SMILES string of the molecule is Cl.O=C(CCC(=O)c1ccc(F)cc1)NCC1CCCN1. The highest BCUT2D eigenvalue weighted by Crippen LogP contribution is 2.07. The summed E-state index contributed by atoms with van der Waals surface area (Å²) in [6.07, 6.45) is 2.54. The molecule has 0 bridgehead atoms. The number of rotatable bonds is 6. The lowest BCUT2D eigenvalue weighted by Crippen LogP contribution is -2.37. The lowest BCUT2D eigenvalue weighted by atomic mass is 10.1. The zero-order valence-electron chi connectivity index (χ0n) is 11.7. The van der Waals surface area contributed by atoms with Gasteiger partial charge in [-0.3, -0.25) is 9.59 Å². The van der Waals surface area contributed by atoms with Crippen LogP contribution in [0.2, 0.25) is 0 Å². The molecular formula is C15H20ClFN2O2. The Balaban J connectivity index is 0.00000220. The summed E-state index contributed by atoms with van der Waals surface area (Å²) in [5, 5.41) is 6.12. The molecule has 0 spiro atoms. The average molecular weight is 315 g/mol. The molecule has 116 valence electrons. The van der Waals surface area contributed by atoms with Gasteiger partial charge in [0.05, 0.1) is 0 Å². The standard InChI is InChI=1S/C15H19FN2O2.ClH/c16-12-5-3-11(4-6-12)14(19)7-8-15(20)18-10-13-2-1-9-17-13;/h3-6,13,17H,1-2,7-10H2,(H,18,20);1H. The van der Waals surface area contributed by atoms with Gasteiger partial charge in [-0.2, -0.15) is 0 Å². The van der Waals surface area contributed by atoms with E-state index in [1.165, 1.54) is 24.3 Å². The molecule has 1 unspecified atom stereocenters. The van der Waals surface area contributed by atoms with Gasteiger partial charge in [0.2, 0.25) is 5.91 Å². The maximum absolute atomic E-state index is 12.7. The number of hydrogen-bond donors (Lipinski definition) is 2. The van der Waals surface area contributed by atoms with Crippen LogP contribution in [0.25, 0.3) is 0 Å². The largest absolute Gasteiger partial charge is 0.355 e. The van der Waals surface area contributed by atoms with Crippen molar-refractivity contribution >= 4 is 24.1 Å². The maximum Gasteiger partial charge on any atom is 0.220 e. The molecule has 21 heavy (non-hydrogen) atoms. The van der Waals surface area contributed by atoms with Crippen LogP contribution in [0.5, 0.6) is 0 Å². The Morgan fingerprint density at radius 3 is 2.57 bits per heavy atom. The molecule has 0 saturated carbocycles. The van der Waals surface area contributed by atoms with Crippen LogP contribution in [0.3, 0.4) is 0 Å². The second-order valence-electron chi connectivity index (χ2n) is 5.03. The first kappa shape index (κ1) is 17.6. The summed E-state index contributed by atoms with van der Waals surface area (Å²) in [4.78, 5) is 23.4. The fourth-order valence-corrected chi connectivity index (χ4v) is 2.26. The number of ketones is 1. The normalized spacial score (nSPS) is 17.1. The predicted octanol–water partition coefficient (Wildman–Crippen LogP) is 2.08. The first-order valence-electron chi connectivity index (χ1n) is 6.94. The highest BCUT2D eigenvalue weighted by Gasteiger charge is 2.15. The Hall–Kier alpha value is -1.46. The maximum atomic E-state index is 12.7. The smallest absolute Gasteiger partial charge is 0.220 e. The van der Waals surface area contributed by atoms with Crippen LogP contribution in [0.15, 0.2) is 24.3 Å². The molecule has 1 atom stereocenters. The molecule has 0 radical (unpaired) electrons. The van der Waals surface area contributed by atoms with Crippen molar-refractivity contribution in [3.8, 4) is 0 Å². The van der Waals surface area contributed by atoms with Crippen molar-refractivity contribution in [2.75, 3.05) is 13.1 Å². The summed E-state index contributed by atoms with van der Waals surface area (Å²) in [5.74, 6) is -0.628. The van der Waals surface area contributed by atoms with Gasteiger partial charge in [0.25, 0.3) is 0 Å². The van der Waals surface area contributed by atoms with Crippen molar-refractivity contribution in [3.05, 3.63) is 35.6 Å². The van der Waals surface area contributed by atoms with E-state index in [1.807, 2.05) is 0 Å². The van der Waals surface area contributed by atoms with E-state index in [0.717, 1.165) is 19.4 Å². The Morgan fingerprint density at radius 2 is 1.95 bits per heavy atom. The number of amides is 1. The van der Waals surface area contributed by atoms with Crippen LogP contribution in [-0.4, -0.2) is 30.8 Å². The first-order chi connectivity index (χ1) is 9.65. The van der Waals surface area contributed by atoms with Crippen molar-refractivity contribution in [2.24, 2.45) is 0 Å². The van der Waals surface area contributed by atoms with Gasteiger partial charge in [-0.1, -0.05) is 0 Å². The number of carbonyl (C=O) groups excluding carboxylic acids is 2. The Bertz CT molecular complexity index is 473. The minimum atomic E-state index is -0.372. The fraction of sp³-hybridized carbons (Fsp3) is 0.467. The molecule has 1 aromatic rings. The van der Waals surface area contributed by atoms with Gasteiger partial charge in [-0.25, -0.2) is 4.39 Å². The summed E-state index contributed by atoms with van der Waals surface area (Å²) < 4.78 is 12.7. The molecule has 1 aromatic carbocycles. The minimum absolute atomic E-state index is 0. The number of benzene rings is 1. The molecule has 1 amide bonds. The van der Waals surface area contributed by atoms with Gasteiger partial charge in [-0.05, 0) is 43.7 Å². The molecule has 0 aliphatic carbocycles. The van der Waals surface area contributed by atoms with Crippen LogP contribution in [0.4, 0.5) is 4.39 Å². The van der Waals surface area contributed by atoms with E-state index in [9.17, 15) is 14.0 Å². The molecule has 2 N–H and O–H groups in total. The van der Waals surface area contributed by atoms with E-state index in [-0.39, 0.29) is 42.8 Å². The van der Waals surface area contributed by atoms with Gasteiger partial charge >= 0.3 is 0 Å². The molecular weight excluding hydrogens is 295 g/mol. The van der Waals surface area contributed by atoms with E-state index in [1.54, 1.807) is 0 Å². The second-order valence-corrected chi connectivity index (χ2v) is 5.03. The predicted molar refractivity (Wildman–Crippen MR) is 81.2 cm³/mol. The van der Waals surface area contributed by atoms with E-state index < -0.39 is 0 Å². The molecule has 0 aromatic heterocycles. The van der Waals surface area contributed by atoms with E-state index in [2.05, 4.69) is 10.6 Å². The zero-order chi connectivity index (χ0) is 14.4. The van der Waals surface area contributed by atoms with Gasteiger partial charge < -0.3 is 10.6 Å². The second kappa shape index (κ2) is 8.74. The molecule has 4 nitrogen and oxygen atoms in total. The van der Waals surface area contributed by atoms with Crippen molar-refractivity contribution < 1.29 is 14.0 Å². The van der Waals surface area contributed by atoms with E-state index in [4.69, 9.17) is 0 Å². The topological polar surface area (TPSA) is 58.2 Å². The highest BCUT2D eigenvalue weighted by molar-refractivity contribution is 5.97. The molecule has 1 aliphatic rings. The molecule has 1 aliphatic heterocycles. The van der Waals surface area contributed by atoms with Crippen molar-refractivity contribution in [1.29, 1.82) is 0 Å². The molecule has 6 heteroatoms. The quantitative estimate of drug-likeness (QED) is 0.790. The number of carbonyl (C=O) groups is 2. The Kier molecular flexibility index (Phi) is 7.32. The zero-order valence-corrected chi connectivity index (χ0v) is 12.5. The molecule has 1 heterocycles. The van der Waals surface area contributed by atoms with Crippen LogP contribution < -0.4 is 10.6 Å². The third-order valence-electron chi connectivity index (χ3n) is 3.45. The van der Waals surface area contributed by atoms with Crippen LogP contribution in [0, 0.1) is 5.82 Å².